The van der Waals surface area contributed by atoms with Gasteiger partial charge in [-0.05, 0) is 21.0 Å². The number of hydrogen-bond acceptors (Lipinski definition) is 5. The van der Waals surface area contributed by atoms with E-state index >= 15 is 0 Å². The smallest absolute Gasteiger partial charge is 0.0948 e. The molecule has 0 spiro atoms. The van der Waals surface area contributed by atoms with Crippen molar-refractivity contribution in [2.75, 3.05) is 40.4 Å². The van der Waals surface area contributed by atoms with Crippen LogP contribution in [0.15, 0.2) is 0 Å². The first-order valence-corrected chi connectivity index (χ1v) is 5.27. The van der Waals surface area contributed by atoms with Gasteiger partial charge in [-0.2, -0.15) is 0 Å². The summed E-state index contributed by atoms with van der Waals surface area (Å²) in [6.45, 7) is 3.72. The van der Waals surface area contributed by atoms with Crippen LogP contribution in [0.3, 0.4) is 0 Å². The van der Waals surface area contributed by atoms with Crippen molar-refractivity contribution in [2.45, 2.75) is 24.7 Å². The Morgan fingerprint density at radius 3 is 2.60 bits per heavy atom. The average molecular weight is 218 g/mol. The van der Waals surface area contributed by atoms with Gasteiger partial charge in [0.05, 0.1) is 31.0 Å². The molecule has 0 radical (unpaired) electrons. The molecule has 0 amide bonds. The third-order valence-corrected chi connectivity index (χ3v) is 2.45. The molecule has 1 rings (SSSR count). The van der Waals surface area contributed by atoms with Gasteiger partial charge in [0.2, 0.25) is 0 Å². The van der Waals surface area contributed by atoms with Crippen LogP contribution in [0.1, 0.15) is 6.92 Å². The van der Waals surface area contributed by atoms with E-state index in [1.165, 1.54) is 0 Å². The molecular formula is C10H22N2O3. The van der Waals surface area contributed by atoms with Gasteiger partial charge in [0.25, 0.3) is 0 Å². The zero-order valence-corrected chi connectivity index (χ0v) is 9.73. The number of nitrogens with one attached hydrogen (secondary N) is 1. The van der Waals surface area contributed by atoms with Crippen LogP contribution in [0.4, 0.5) is 0 Å². The Balaban J connectivity index is 2.28. The van der Waals surface area contributed by atoms with E-state index in [2.05, 4.69) is 5.32 Å². The SMILES string of the molecule is CN(C)CC(C)(O)CNC1COCC1O. The largest absolute Gasteiger partial charge is 0.389 e. The molecule has 15 heavy (non-hydrogen) atoms. The fourth-order valence-corrected chi connectivity index (χ4v) is 1.83. The van der Waals surface area contributed by atoms with Crippen molar-refractivity contribution in [1.82, 2.24) is 10.2 Å². The molecule has 0 aliphatic carbocycles. The molecule has 3 atom stereocenters. The number of likely N-dealkylation sites (N-methyl/N-ethyl adjacent to an activating group) is 1. The maximum Gasteiger partial charge on any atom is 0.0948 e. The molecular weight excluding hydrogens is 196 g/mol. The molecule has 1 aliphatic heterocycles. The van der Waals surface area contributed by atoms with E-state index in [1.54, 1.807) is 6.92 Å². The molecule has 0 aromatic carbocycles. The fraction of sp³-hybridized carbons (Fsp3) is 1.00. The summed E-state index contributed by atoms with van der Waals surface area (Å²) in [5.74, 6) is 0. The lowest BCUT2D eigenvalue weighted by Gasteiger charge is -2.29. The van der Waals surface area contributed by atoms with E-state index in [4.69, 9.17) is 4.74 Å². The lowest BCUT2D eigenvalue weighted by molar-refractivity contribution is 0.0275. The van der Waals surface area contributed by atoms with Gasteiger partial charge in [-0.15, -0.1) is 0 Å². The predicted octanol–water partition coefficient (Wildman–Crippen LogP) is -1.35. The number of ether oxygens (including phenoxy) is 1. The maximum atomic E-state index is 10.0. The molecule has 3 unspecified atom stereocenters. The Morgan fingerprint density at radius 1 is 1.47 bits per heavy atom. The minimum Gasteiger partial charge on any atom is -0.389 e. The monoisotopic (exact) mass is 218 g/mol. The van der Waals surface area contributed by atoms with Crippen LogP contribution in [0.2, 0.25) is 0 Å². The molecule has 1 fully saturated rings. The molecule has 3 N–H and O–H groups in total. The number of aliphatic hydroxyl groups excluding tert-OH is 1. The molecule has 5 nitrogen and oxygen atoms in total. The zero-order valence-electron chi connectivity index (χ0n) is 9.73. The number of rotatable bonds is 5. The standard InChI is InChI=1S/C10H22N2O3/c1-10(14,7-12(2)3)6-11-8-4-15-5-9(8)13/h8-9,11,13-14H,4-7H2,1-3H3. The lowest BCUT2D eigenvalue weighted by atomic mass is 10.1. The summed E-state index contributed by atoms with van der Waals surface area (Å²) < 4.78 is 5.11. The van der Waals surface area contributed by atoms with Crippen LogP contribution in [0, 0.1) is 0 Å². The number of aliphatic hydroxyl groups is 2. The van der Waals surface area contributed by atoms with Gasteiger partial charge in [0, 0.05) is 13.1 Å². The van der Waals surface area contributed by atoms with E-state index in [-0.39, 0.29) is 6.04 Å². The van der Waals surface area contributed by atoms with Crippen molar-refractivity contribution in [3.8, 4) is 0 Å². The Kier molecular flexibility index (Phi) is 4.48. The molecule has 5 heteroatoms. The molecule has 0 saturated carbocycles. The average Bonchev–Trinajstić information content (AvgIpc) is 2.45. The quantitative estimate of drug-likeness (QED) is 0.532. The highest BCUT2D eigenvalue weighted by atomic mass is 16.5. The van der Waals surface area contributed by atoms with Crippen molar-refractivity contribution in [1.29, 1.82) is 0 Å². The van der Waals surface area contributed by atoms with Crippen molar-refractivity contribution in [3.05, 3.63) is 0 Å². The highest BCUT2D eigenvalue weighted by Crippen LogP contribution is 2.08. The third-order valence-electron chi connectivity index (χ3n) is 2.45. The topological polar surface area (TPSA) is 65.0 Å². The maximum absolute atomic E-state index is 10.0. The fourth-order valence-electron chi connectivity index (χ4n) is 1.83. The van der Waals surface area contributed by atoms with Gasteiger partial charge in [-0.25, -0.2) is 0 Å². The summed E-state index contributed by atoms with van der Waals surface area (Å²) in [6, 6.07) is -0.0568. The predicted molar refractivity (Wildman–Crippen MR) is 57.8 cm³/mol. The van der Waals surface area contributed by atoms with Gasteiger partial charge in [0.1, 0.15) is 0 Å². The van der Waals surface area contributed by atoms with Gasteiger partial charge >= 0.3 is 0 Å². The summed E-state index contributed by atoms with van der Waals surface area (Å²) in [7, 11) is 3.84. The first-order valence-electron chi connectivity index (χ1n) is 5.27. The van der Waals surface area contributed by atoms with Crippen molar-refractivity contribution in [3.63, 3.8) is 0 Å². The van der Waals surface area contributed by atoms with Crippen LogP contribution in [0.5, 0.6) is 0 Å². The van der Waals surface area contributed by atoms with E-state index in [0.717, 1.165) is 0 Å². The third kappa shape index (κ3) is 4.44. The van der Waals surface area contributed by atoms with E-state index < -0.39 is 11.7 Å². The Bertz CT molecular complexity index is 197. The second-order valence-electron chi connectivity index (χ2n) is 4.83. The molecule has 90 valence electrons. The minimum atomic E-state index is -0.786. The van der Waals surface area contributed by atoms with Crippen molar-refractivity contribution < 1.29 is 14.9 Å². The van der Waals surface area contributed by atoms with E-state index in [9.17, 15) is 10.2 Å². The Morgan fingerprint density at radius 2 is 2.13 bits per heavy atom. The summed E-state index contributed by atoms with van der Waals surface area (Å²) >= 11 is 0. The van der Waals surface area contributed by atoms with E-state index in [0.29, 0.717) is 26.3 Å². The molecule has 1 heterocycles. The molecule has 0 bridgehead atoms. The van der Waals surface area contributed by atoms with Crippen LogP contribution < -0.4 is 5.32 Å². The summed E-state index contributed by atoms with van der Waals surface area (Å²) in [6.07, 6.45) is -0.458. The normalized spacial score (nSPS) is 30.8. The minimum absolute atomic E-state index is 0.0568. The molecule has 1 aliphatic rings. The van der Waals surface area contributed by atoms with Crippen LogP contribution >= 0.6 is 0 Å². The van der Waals surface area contributed by atoms with Gasteiger partial charge in [0.15, 0.2) is 0 Å². The summed E-state index contributed by atoms with van der Waals surface area (Å²) in [5.41, 5.74) is -0.786. The highest BCUT2D eigenvalue weighted by Gasteiger charge is 2.29. The van der Waals surface area contributed by atoms with Crippen molar-refractivity contribution in [2.24, 2.45) is 0 Å². The van der Waals surface area contributed by atoms with Gasteiger partial charge < -0.3 is 25.2 Å². The lowest BCUT2D eigenvalue weighted by Crippen LogP contribution is -2.50. The zero-order chi connectivity index (χ0) is 11.5. The molecule has 0 aromatic rings. The van der Waals surface area contributed by atoms with Crippen LogP contribution in [-0.2, 0) is 4.74 Å². The first kappa shape index (κ1) is 12.9. The molecule has 0 aromatic heterocycles. The van der Waals surface area contributed by atoms with E-state index in [1.807, 2.05) is 19.0 Å². The number of nitrogens with zero attached hydrogens (tertiary/aromatic N) is 1. The van der Waals surface area contributed by atoms with Crippen molar-refractivity contribution >= 4 is 0 Å². The second kappa shape index (κ2) is 5.23. The summed E-state index contributed by atoms with van der Waals surface area (Å²) in [5, 5.41) is 22.6. The summed E-state index contributed by atoms with van der Waals surface area (Å²) in [4.78, 5) is 1.93. The second-order valence-corrected chi connectivity index (χ2v) is 4.83. The van der Waals surface area contributed by atoms with Gasteiger partial charge in [-0.3, -0.25) is 0 Å². The number of hydrogen-bond donors (Lipinski definition) is 3. The highest BCUT2D eigenvalue weighted by molar-refractivity contribution is 4.85. The first-order chi connectivity index (χ1) is 6.91. The van der Waals surface area contributed by atoms with Gasteiger partial charge in [-0.1, -0.05) is 0 Å². The van der Waals surface area contributed by atoms with Crippen LogP contribution in [0.25, 0.3) is 0 Å². The Hall–Kier alpha value is -0.200. The molecule has 1 saturated heterocycles. The Labute approximate surface area is 91.0 Å². The van der Waals surface area contributed by atoms with Crippen LogP contribution in [-0.4, -0.2) is 73.3 Å².